The molecule has 0 spiro atoms. The second-order valence-electron chi connectivity index (χ2n) is 6.51. The standard InChI is InChI=1S/C16H26N6O3S/c1-3-22-15(21-6-8-25-9-7-21)18-19-16(22)26-11-14(24)20(2)10-13(23)17-12-4-5-12/h12H,3-11H2,1-2H3,(H,17,23). The summed E-state index contributed by atoms with van der Waals surface area (Å²) in [5.41, 5.74) is 0. The lowest BCUT2D eigenvalue weighted by Gasteiger charge is -2.27. The van der Waals surface area contributed by atoms with Gasteiger partial charge >= 0.3 is 0 Å². The average Bonchev–Trinajstić information content (AvgIpc) is 3.35. The third kappa shape index (κ3) is 4.88. The molecule has 2 aliphatic rings. The first-order chi connectivity index (χ1) is 12.6. The number of rotatable bonds is 8. The maximum Gasteiger partial charge on any atom is 0.239 e. The predicted molar refractivity (Wildman–Crippen MR) is 98.3 cm³/mol. The van der Waals surface area contributed by atoms with Crippen LogP contribution in [0.5, 0.6) is 0 Å². The van der Waals surface area contributed by atoms with Crippen molar-refractivity contribution in [1.29, 1.82) is 0 Å². The van der Waals surface area contributed by atoms with Gasteiger partial charge in [0.2, 0.25) is 17.8 Å². The van der Waals surface area contributed by atoms with E-state index >= 15 is 0 Å². The summed E-state index contributed by atoms with van der Waals surface area (Å²) in [5.74, 6) is 0.858. The number of morpholine rings is 1. The summed E-state index contributed by atoms with van der Waals surface area (Å²) >= 11 is 1.35. The molecule has 3 rings (SSSR count). The van der Waals surface area contributed by atoms with Gasteiger partial charge in [-0.3, -0.25) is 14.2 Å². The zero-order chi connectivity index (χ0) is 18.5. The van der Waals surface area contributed by atoms with Crippen LogP contribution in [0.25, 0.3) is 0 Å². The van der Waals surface area contributed by atoms with Crippen LogP contribution >= 0.6 is 11.8 Å². The van der Waals surface area contributed by atoms with Crippen LogP contribution in [-0.4, -0.2) is 83.2 Å². The third-order valence-corrected chi connectivity index (χ3v) is 5.33. The van der Waals surface area contributed by atoms with E-state index < -0.39 is 0 Å². The third-order valence-electron chi connectivity index (χ3n) is 4.38. The number of hydrogen-bond acceptors (Lipinski definition) is 7. The molecule has 2 amide bonds. The van der Waals surface area contributed by atoms with Crippen LogP contribution in [0, 0.1) is 0 Å². The van der Waals surface area contributed by atoms with Crippen LogP contribution < -0.4 is 10.2 Å². The van der Waals surface area contributed by atoms with Crippen LogP contribution in [0.3, 0.4) is 0 Å². The molecular formula is C16H26N6O3S. The van der Waals surface area contributed by atoms with Gasteiger partial charge < -0.3 is 19.9 Å². The van der Waals surface area contributed by atoms with Gasteiger partial charge in [-0.05, 0) is 19.8 Å². The van der Waals surface area contributed by atoms with Crippen LogP contribution in [-0.2, 0) is 20.9 Å². The number of hydrogen-bond donors (Lipinski definition) is 1. The lowest BCUT2D eigenvalue weighted by Crippen LogP contribution is -2.39. The molecule has 1 aliphatic heterocycles. The highest BCUT2D eigenvalue weighted by molar-refractivity contribution is 7.99. The SMILES string of the molecule is CCn1c(SCC(=O)N(C)CC(=O)NC2CC2)nnc1N1CCOCC1. The summed E-state index contributed by atoms with van der Waals surface area (Å²) in [4.78, 5) is 27.7. The zero-order valence-corrected chi connectivity index (χ0v) is 16.1. The second-order valence-corrected chi connectivity index (χ2v) is 7.45. The highest BCUT2D eigenvalue weighted by Gasteiger charge is 2.25. The molecule has 2 heterocycles. The van der Waals surface area contributed by atoms with E-state index in [4.69, 9.17) is 4.74 Å². The highest BCUT2D eigenvalue weighted by atomic mass is 32.2. The molecule has 1 saturated carbocycles. The fourth-order valence-corrected chi connectivity index (χ4v) is 3.64. The molecule has 2 fully saturated rings. The van der Waals surface area contributed by atoms with Crippen molar-refractivity contribution < 1.29 is 14.3 Å². The number of amides is 2. The number of likely N-dealkylation sites (N-methyl/N-ethyl adjacent to an activating group) is 1. The topological polar surface area (TPSA) is 92.6 Å². The van der Waals surface area contributed by atoms with Crippen molar-refractivity contribution in [3.05, 3.63) is 0 Å². The molecule has 0 aromatic carbocycles. The Labute approximate surface area is 157 Å². The summed E-state index contributed by atoms with van der Waals surface area (Å²) in [5, 5.41) is 12.2. The molecule has 1 aromatic rings. The van der Waals surface area contributed by atoms with E-state index in [0.717, 1.165) is 43.6 Å². The normalized spacial score (nSPS) is 17.2. The molecule has 9 nitrogen and oxygen atoms in total. The number of aromatic nitrogens is 3. The van der Waals surface area contributed by atoms with E-state index in [1.165, 1.54) is 16.7 Å². The minimum absolute atomic E-state index is 0.0926. The summed E-state index contributed by atoms with van der Waals surface area (Å²) < 4.78 is 7.40. The van der Waals surface area contributed by atoms with E-state index in [-0.39, 0.29) is 24.1 Å². The molecule has 1 N–H and O–H groups in total. The van der Waals surface area contributed by atoms with Crippen LogP contribution in [0.1, 0.15) is 19.8 Å². The van der Waals surface area contributed by atoms with Crippen LogP contribution in [0.2, 0.25) is 0 Å². The summed E-state index contributed by atoms with van der Waals surface area (Å²) in [7, 11) is 1.65. The van der Waals surface area contributed by atoms with E-state index in [1.54, 1.807) is 7.05 Å². The van der Waals surface area contributed by atoms with Crippen molar-refractivity contribution in [2.75, 3.05) is 50.5 Å². The van der Waals surface area contributed by atoms with Gasteiger partial charge in [0.1, 0.15) is 0 Å². The van der Waals surface area contributed by atoms with Gasteiger partial charge in [0.15, 0.2) is 5.16 Å². The highest BCUT2D eigenvalue weighted by Crippen LogP contribution is 2.23. The zero-order valence-electron chi connectivity index (χ0n) is 15.3. The minimum atomic E-state index is -0.0977. The van der Waals surface area contributed by atoms with Crippen molar-refractivity contribution in [2.24, 2.45) is 0 Å². The number of carbonyl (C=O) groups excluding carboxylic acids is 2. The molecule has 144 valence electrons. The fraction of sp³-hybridized carbons (Fsp3) is 0.750. The molecule has 1 aliphatic carbocycles. The molecule has 1 aromatic heterocycles. The Kier molecular flexibility index (Phi) is 6.36. The lowest BCUT2D eigenvalue weighted by molar-refractivity contribution is -0.132. The minimum Gasteiger partial charge on any atom is -0.378 e. The molecule has 10 heteroatoms. The van der Waals surface area contributed by atoms with E-state index in [2.05, 4.69) is 20.4 Å². The van der Waals surface area contributed by atoms with E-state index in [1.807, 2.05) is 11.5 Å². The first kappa shape index (κ1) is 19.0. The van der Waals surface area contributed by atoms with Crippen LogP contribution in [0.4, 0.5) is 5.95 Å². The molecule has 0 radical (unpaired) electrons. The molecule has 1 saturated heterocycles. The molecule has 0 bridgehead atoms. The quantitative estimate of drug-likeness (QED) is 0.631. The van der Waals surface area contributed by atoms with Gasteiger partial charge in [0.05, 0.1) is 25.5 Å². The Bertz CT molecular complexity index is 642. The van der Waals surface area contributed by atoms with Gasteiger partial charge in [-0.25, -0.2) is 0 Å². The number of ether oxygens (including phenoxy) is 1. The summed E-state index contributed by atoms with van der Waals surface area (Å²) in [6.45, 7) is 5.82. The largest absolute Gasteiger partial charge is 0.378 e. The first-order valence-electron chi connectivity index (χ1n) is 9.00. The number of carbonyl (C=O) groups is 2. The Hall–Kier alpha value is -1.81. The van der Waals surface area contributed by atoms with Gasteiger partial charge in [-0.2, -0.15) is 0 Å². The Morgan fingerprint density at radius 1 is 1.31 bits per heavy atom. The van der Waals surface area contributed by atoms with Crippen LogP contribution in [0.15, 0.2) is 5.16 Å². The number of thioether (sulfide) groups is 1. The second kappa shape index (κ2) is 8.72. The van der Waals surface area contributed by atoms with Crippen molar-refractivity contribution in [2.45, 2.75) is 37.5 Å². The van der Waals surface area contributed by atoms with E-state index in [9.17, 15) is 9.59 Å². The first-order valence-corrected chi connectivity index (χ1v) is 9.99. The average molecular weight is 382 g/mol. The smallest absolute Gasteiger partial charge is 0.239 e. The Morgan fingerprint density at radius 2 is 2.04 bits per heavy atom. The molecule has 26 heavy (non-hydrogen) atoms. The van der Waals surface area contributed by atoms with Gasteiger partial charge in [0.25, 0.3) is 0 Å². The Morgan fingerprint density at radius 3 is 2.69 bits per heavy atom. The maximum atomic E-state index is 12.3. The van der Waals surface area contributed by atoms with Gasteiger partial charge in [-0.1, -0.05) is 11.8 Å². The van der Waals surface area contributed by atoms with Crippen molar-refractivity contribution in [1.82, 2.24) is 25.0 Å². The number of nitrogens with one attached hydrogen (secondary N) is 1. The number of anilines is 1. The molecule has 0 atom stereocenters. The van der Waals surface area contributed by atoms with Crippen molar-refractivity contribution >= 4 is 29.5 Å². The monoisotopic (exact) mass is 382 g/mol. The van der Waals surface area contributed by atoms with Crippen molar-refractivity contribution in [3.63, 3.8) is 0 Å². The van der Waals surface area contributed by atoms with Gasteiger partial charge in [-0.15, -0.1) is 10.2 Å². The number of nitrogens with zero attached hydrogens (tertiary/aromatic N) is 5. The molecule has 0 unspecified atom stereocenters. The Balaban J connectivity index is 1.52. The summed E-state index contributed by atoms with van der Waals surface area (Å²) in [6.07, 6.45) is 2.08. The predicted octanol–water partition coefficient (Wildman–Crippen LogP) is -0.0363. The van der Waals surface area contributed by atoms with Gasteiger partial charge in [0, 0.05) is 32.7 Å². The summed E-state index contributed by atoms with van der Waals surface area (Å²) in [6, 6.07) is 0.307. The molecular weight excluding hydrogens is 356 g/mol. The van der Waals surface area contributed by atoms with E-state index in [0.29, 0.717) is 19.3 Å². The lowest BCUT2D eigenvalue weighted by atomic mass is 10.4. The van der Waals surface area contributed by atoms with Crippen molar-refractivity contribution in [3.8, 4) is 0 Å². The fourth-order valence-electron chi connectivity index (χ4n) is 2.70. The maximum absolute atomic E-state index is 12.3.